The van der Waals surface area contributed by atoms with Crippen LogP contribution in [0.4, 0.5) is 0 Å². The van der Waals surface area contributed by atoms with Crippen LogP contribution >= 0.6 is 0 Å². The Balaban J connectivity index is 1.26. The highest BCUT2D eigenvalue weighted by Gasteiger charge is 2.72. The molecule has 5 aliphatic rings. The predicted octanol–water partition coefficient (Wildman–Crippen LogP) is 9.39. The van der Waals surface area contributed by atoms with E-state index in [1.54, 1.807) is 0 Å². The van der Waals surface area contributed by atoms with Crippen molar-refractivity contribution in [3.05, 3.63) is 34.9 Å². The number of nitrogens with zero attached hydrogens (tertiary/aromatic N) is 2. The normalized spacial score (nSPS) is 40.3. The van der Waals surface area contributed by atoms with Crippen molar-refractivity contribution >= 4 is 11.9 Å². The fourth-order valence-corrected chi connectivity index (χ4v) is 13.7. The molecule has 51 heavy (non-hydrogen) atoms. The second kappa shape index (κ2) is 13.2. The van der Waals surface area contributed by atoms with Gasteiger partial charge in [-0.1, -0.05) is 60.6 Å². The Morgan fingerprint density at radius 3 is 2.20 bits per heavy atom. The lowest BCUT2D eigenvalue weighted by Crippen LogP contribution is -2.67. The average Bonchev–Trinajstić information content (AvgIpc) is 3.44. The van der Waals surface area contributed by atoms with Crippen LogP contribution in [0, 0.1) is 83.4 Å². The summed E-state index contributed by atoms with van der Waals surface area (Å²) in [6.07, 6.45) is 11.0. The first-order chi connectivity index (χ1) is 23.7. The zero-order chi connectivity index (χ0) is 37.5. The third kappa shape index (κ3) is 5.93. The van der Waals surface area contributed by atoms with Crippen LogP contribution in [-0.2, 0) is 25.7 Å². The molecule has 1 heterocycles. The van der Waals surface area contributed by atoms with Gasteiger partial charge in [-0.2, -0.15) is 0 Å². The van der Waals surface area contributed by atoms with Gasteiger partial charge in [-0.15, -0.1) is 0 Å². The Kier molecular flexibility index (Phi) is 9.98. The monoisotopic (exact) mass is 704 g/mol. The summed E-state index contributed by atoms with van der Waals surface area (Å²) in [6.45, 7) is 29.5. The van der Waals surface area contributed by atoms with Gasteiger partial charge in [0.05, 0.1) is 28.2 Å². The van der Waals surface area contributed by atoms with Gasteiger partial charge >= 0.3 is 11.9 Å². The van der Waals surface area contributed by atoms with Crippen molar-refractivity contribution in [2.45, 2.75) is 166 Å². The number of esters is 2. The Labute approximate surface area is 309 Å². The van der Waals surface area contributed by atoms with E-state index < -0.39 is 11.5 Å². The maximum absolute atomic E-state index is 14.5. The second-order valence-corrected chi connectivity index (χ2v) is 19.9. The number of aromatic nitrogens is 2. The first-order valence-corrected chi connectivity index (χ1v) is 20.3. The number of carbonyl (C=O) groups excluding carboxylic acids is 2. The van der Waals surface area contributed by atoms with E-state index in [0.29, 0.717) is 36.0 Å². The van der Waals surface area contributed by atoms with Gasteiger partial charge in [-0.05, 0) is 150 Å². The lowest BCUT2D eigenvalue weighted by molar-refractivity contribution is -0.251. The highest BCUT2D eigenvalue weighted by atomic mass is 16.5. The molecule has 2 N–H and O–H groups in total. The number of fused-ring (bicyclic) bond motifs is 7. The Morgan fingerprint density at radius 1 is 0.843 bits per heavy atom. The molecule has 11 atom stereocenters. The molecule has 0 aliphatic heterocycles. The van der Waals surface area contributed by atoms with Crippen LogP contribution in [0.25, 0.3) is 0 Å². The molecule has 0 spiro atoms. The zero-order valence-corrected chi connectivity index (χ0v) is 33.9. The SMILES string of the molecule is C=C(C)[C@@H]1CC[C@]2(C(=O)OCc3nc(C)c(C)nc3C)CC[C@]3(C)[C@H](CC[C@@H]4[C@@]5(C)CC[C@H](OC(=O)[C@@H](N)CC(C)C)C(C)(C)[C@@H]5CC[C@]43C)[C@@H]12. The molecule has 7 nitrogen and oxygen atoms in total. The predicted molar refractivity (Wildman–Crippen MR) is 202 cm³/mol. The summed E-state index contributed by atoms with van der Waals surface area (Å²) in [7, 11) is 0. The molecule has 0 radical (unpaired) electrons. The fraction of sp³-hybridized carbons (Fsp3) is 0.818. The van der Waals surface area contributed by atoms with Crippen LogP contribution < -0.4 is 5.73 Å². The standard InChI is InChI=1S/C44H69N3O4/c1-25(2)23-32(45)38(48)51-36-17-18-41(10)34(40(36,8)9)16-19-43(12)35(41)14-13-31-37-30(26(3)4)15-20-44(37,22-21-42(31,43)11)39(49)50-24-33-29(7)46-27(5)28(6)47-33/h25,30-32,34-37H,3,13-24,45H2,1-2,4-12H3/t30-,31+,32-,34-,35+,36-,37+,41-,42+,43+,44-/m0/s1. The number of hydrogen-bond acceptors (Lipinski definition) is 7. The van der Waals surface area contributed by atoms with E-state index in [0.717, 1.165) is 74.1 Å². The van der Waals surface area contributed by atoms with E-state index in [1.807, 2.05) is 20.8 Å². The molecule has 6 rings (SSSR count). The molecule has 5 fully saturated rings. The molecule has 0 aromatic carbocycles. The van der Waals surface area contributed by atoms with Gasteiger partial charge in [0.1, 0.15) is 18.8 Å². The topological polar surface area (TPSA) is 104 Å². The highest BCUT2D eigenvalue weighted by molar-refractivity contribution is 5.78. The highest BCUT2D eigenvalue weighted by Crippen LogP contribution is 2.77. The summed E-state index contributed by atoms with van der Waals surface area (Å²) in [5, 5.41) is 0. The van der Waals surface area contributed by atoms with Crippen molar-refractivity contribution in [3.8, 4) is 0 Å². The van der Waals surface area contributed by atoms with E-state index in [1.165, 1.54) is 18.4 Å². The molecular formula is C44H69N3O4. The quantitative estimate of drug-likeness (QED) is 0.213. The first-order valence-electron chi connectivity index (χ1n) is 20.3. The number of rotatable bonds is 8. The van der Waals surface area contributed by atoms with Crippen molar-refractivity contribution < 1.29 is 19.1 Å². The minimum absolute atomic E-state index is 0.0246. The van der Waals surface area contributed by atoms with E-state index in [-0.39, 0.29) is 52.2 Å². The van der Waals surface area contributed by atoms with Gasteiger partial charge in [0.25, 0.3) is 0 Å². The van der Waals surface area contributed by atoms with Crippen LogP contribution in [0.2, 0.25) is 0 Å². The summed E-state index contributed by atoms with van der Waals surface area (Å²) in [5.74, 6) is 2.18. The number of carbonyl (C=O) groups is 2. The lowest BCUT2D eigenvalue weighted by Gasteiger charge is -2.72. The van der Waals surface area contributed by atoms with Crippen LogP contribution in [0.5, 0.6) is 0 Å². The molecule has 5 saturated carbocycles. The van der Waals surface area contributed by atoms with Gasteiger partial charge in [-0.25, -0.2) is 0 Å². The van der Waals surface area contributed by atoms with E-state index in [9.17, 15) is 9.59 Å². The summed E-state index contributed by atoms with van der Waals surface area (Å²) < 4.78 is 12.6. The van der Waals surface area contributed by atoms with Gasteiger partial charge in [0.15, 0.2) is 0 Å². The molecule has 0 amide bonds. The summed E-state index contributed by atoms with van der Waals surface area (Å²) in [5.41, 5.74) is 10.8. The van der Waals surface area contributed by atoms with Crippen molar-refractivity contribution in [2.75, 3.05) is 0 Å². The Morgan fingerprint density at radius 2 is 1.53 bits per heavy atom. The smallest absolute Gasteiger partial charge is 0.323 e. The second-order valence-electron chi connectivity index (χ2n) is 19.9. The molecule has 7 heteroatoms. The Hall–Kier alpha value is -2.28. The molecule has 1 aromatic heterocycles. The summed E-state index contributed by atoms with van der Waals surface area (Å²) in [6, 6.07) is -0.558. The minimum atomic E-state index is -0.558. The third-order valence-electron chi connectivity index (χ3n) is 16.6. The summed E-state index contributed by atoms with van der Waals surface area (Å²) >= 11 is 0. The Bertz CT molecular complexity index is 1550. The summed E-state index contributed by atoms with van der Waals surface area (Å²) in [4.78, 5) is 37.1. The molecule has 0 saturated heterocycles. The van der Waals surface area contributed by atoms with Crippen molar-refractivity contribution in [3.63, 3.8) is 0 Å². The maximum Gasteiger partial charge on any atom is 0.323 e. The molecule has 0 bridgehead atoms. The average molecular weight is 704 g/mol. The lowest BCUT2D eigenvalue weighted by atomic mass is 9.32. The zero-order valence-electron chi connectivity index (χ0n) is 33.9. The largest absolute Gasteiger partial charge is 0.461 e. The number of hydrogen-bond donors (Lipinski definition) is 1. The molecule has 5 aliphatic carbocycles. The van der Waals surface area contributed by atoms with Gasteiger partial charge in [0.2, 0.25) is 0 Å². The van der Waals surface area contributed by atoms with Crippen LogP contribution in [-0.4, -0.2) is 34.1 Å². The maximum atomic E-state index is 14.5. The number of allylic oxidation sites excluding steroid dienone is 1. The third-order valence-corrected chi connectivity index (χ3v) is 16.6. The number of nitrogens with two attached hydrogens (primary N) is 1. The fourth-order valence-electron chi connectivity index (χ4n) is 13.7. The van der Waals surface area contributed by atoms with Gasteiger partial charge < -0.3 is 15.2 Å². The van der Waals surface area contributed by atoms with Crippen molar-refractivity contribution in [2.24, 2.45) is 68.3 Å². The molecule has 0 unspecified atom stereocenters. The van der Waals surface area contributed by atoms with E-state index >= 15 is 0 Å². The minimum Gasteiger partial charge on any atom is -0.461 e. The molecule has 284 valence electrons. The van der Waals surface area contributed by atoms with Gasteiger partial charge in [-0.3, -0.25) is 19.6 Å². The molecular weight excluding hydrogens is 635 g/mol. The van der Waals surface area contributed by atoms with Crippen LogP contribution in [0.15, 0.2) is 12.2 Å². The van der Waals surface area contributed by atoms with Crippen LogP contribution in [0.1, 0.15) is 149 Å². The van der Waals surface area contributed by atoms with E-state index in [2.05, 4.69) is 67.0 Å². The van der Waals surface area contributed by atoms with Crippen LogP contribution in [0.3, 0.4) is 0 Å². The van der Waals surface area contributed by atoms with Gasteiger partial charge in [0, 0.05) is 5.41 Å². The number of ether oxygens (including phenoxy) is 2. The van der Waals surface area contributed by atoms with Crippen molar-refractivity contribution in [1.82, 2.24) is 9.97 Å². The molecule has 1 aromatic rings. The first kappa shape index (κ1) is 38.4. The van der Waals surface area contributed by atoms with E-state index in [4.69, 9.17) is 20.2 Å². The van der Waals surface area contributed by atoms with Crippen molar-refractivity contribution in [1.29, 1.82) is 0 Å². The number of aryl methyl sites for hydroxylation is 3.